The second-order valence-corrected chi connectivity index (χ2v) is 7.77. The molecule has 142 valence electrons. The number of nitrogens with one attached hydrogen (secondary N) is 2. The quantitative estimate of drug-likeness (QED) is 0.785. The van der Waals surface area contributed by atoms with Crippen molar-refractivity contribution in [3.8, 4) is 5.75 Å². The molecule has 9 heteroatoms. The third kappa shape index (κ3) is 3.37. The molecule has 1 aromatic carbocycles. The lowest BCUT2D eigenvalue weighted by Gasteiger charge is -2.70. The maximum atomic E-state index is 13.4. The number of benzene rings is 1. The molecule has 0 spiro atoms. The topological polar surface area (TPSA) is 85.2 Å². The van der Waals surface area contributed by atoms with Crippen LogP contribution in [0.4, 0.5) is 4.39 Å². The maximum Gasteiger partial charge on any atom is 0.258 e. The zero-order valence-electron chi connectivity index (χ0n) is 14.6. The Bertz CT molecular complexity index is 909. The predicted molar refractivity (Wildman–Crippen MR) is 95.0 cm³/mol. The fourth-order valence-corrected chi connectivity index (χ4v) is 4.07. The molecule has 7 nitrogen and oxygen atoms in total. The van der Waals surface area contributed by atoms with Gasteiger partial charge in [-0.2, -0.15) is 5.10 Å². The SMILES string of the molecule is Cn1cc(C(=O)NC23CC(NC(=O)COc4ccc(Cl)c(F)c4)(C2)C3)cn1. The molecule has 2 bridgehead atoms. The van der Waals surface area contributed by atoms with E-state index in [4.69, 9.17) is 16.3 Å². The minimum absolute atomic E-state index is 0.000651. The third-order valence-electron chi connectivity index (χ3n) is 5.04. The first-order chi connectivity index (χ1) is 12.8. The Hall–Kier alpha value is -2.61. The molecule has 0 radical (unpaired) electrons. The first kappa shape index (κ1) is 17.8. The van der Waals surface area contributed by atoms with Crippen molar-refractivity contribution in [2.45, 2.75) is 30.3 Å². The van der Waals surface area contributed by atoms with Gasteiger partial charge in [-0.25, -0.2) is 4.39 Å². The molecule has 1 aromatic heterocycles. The Balaban J connectivity index is 1.23. The molecular weight excluding hydrogens is 375 g/mol. The van der Waals surface area contributed by atoms with E-state index in [2.05, 4.69) is 15.7 Å². The van der Waals surface area contributed by atoms with E-state index >= 15 is 0 Å². The van der Waals surface area contributed by atoms with E-state index in [1.54, 1.807) is 17.9 Å². The van der Waals surface area contributed by atoms with Crippen LogP contribution >= 0.6 is 11.6 Å². The zero-order chi connectivity index (χ0) is 19.2. The van der Waals surface area contributed by atoms with Gasteiger partial charge in [-0.15, -0.1) is 0 Å². The Morgan fingerprint density at radius 1 is 1.30 bits per heavy atom. The van der Waals surface area contributed by atoms with Crippen LogP contribution in [0.25, 0.3) is 0 Å². The van der Waals surface area contributed by atoms with Crippen LogP contribution in [-0.2, 0) is 11.8 Å². The summed E-state index contributed by atoms with van der Waals surface area (Å²) in [5.74, 6) is -0.793. The summed E-state index contributed by atoms with van der Waals surface area (Å²) in [5, 5.41) is 9.96. The first-order valence-electron chi connectivity index (χ1n) is 8.48. The van der Waals surface area contributed by atoms with Crippen molar-refractivity contribution in [2.24, 2.45) is 7.05 Å². The second-order valence-electron chi connectivity index (χ2n) is 7.36. The van der Waals surface area contributed by atoms with E-state index in [-0.39, 0.29) is 40.3 Å². The van der Waals surface area contributed by atoms with Crippen molar-refractivity contribution in [2.75, 3.05) is 6.61 Å². The van der Waals surface area contributed by atoms with Gasteiger partial charge in [-0.3, -0.25) is 14.3 Å². The molecule has 0 saturated heterocycles. The van der Waals surface area contributed by atoms with Gasteiger partial charge in [0.1, 0.15) is 11.6 Å². The van der Waals surface area contributed by atoms with Gasteiger partial charge >= 0.3 is 0 Å². The monoisotopic (exact) mass is 392 g/mol. The van der Waals surface area contributed by atoms with E-state index in [0.717, 1.165) is 6.07 Å². The van der Waals surface area contributed by atoms with Crippen LogP contribution in [0.1, 0.15) is 29.6 Å². The molecule has 3 saturated carbocycles. The highest BCUT2D eigenvalue weighted by Gasteiger charge is 2.69. The van der Waals surface area contributed by atoms with Crippen LogP contribution in [0.5, 0.6) is 5.75 Å². The molecule has 0 aliphatic heterocycles. The Labute approximate surface area is 159 Å². The van der Waals surface area contributed by atoms with Gasteiger partial charge in [0.15, 0.2) is 6.61 Å². The highest BCUT2D eigenvalue weighted by Crippen LogP contribution is 2.60. The molecule has 2 amide bonds. The number of rotatable bonds is 6. The van der Waals surface area contributed by atoms with Gasteiger partial charge in [-0.05, 0) is 31.4 Å². The summed E-state index contributed by atoms with van der Waals surface area (Å²) in [7, 11) is 1.75. The van der Waals surface area contributed by atoms with Gasteiger partial charge in [-0.1, -0.05) is 11.6 Å². The Morgan fingerprint density at radius 2 is 2.00 bits per heavy atom. The molecule has 3 fully saturated rings. The number of amides is 2. The van der Waals surface area contributed by atoms with Gasteiger partial charge in [0.2, 0.25) is 0 Å². The molecule has 2 N–H and O–H groups in total. The van der Waals surface area contributed by atoms with Crippen LogP contribution < -0.4 is 15.4 Å². The Kier molecular flexibility index (Phi) is 4.10. The van der Waals surface area contributed by atoms with Gasteiger partial charge in [0.25, 0.3) is 11.8 Å². The molecular formula is C18H18ClFN4O3. The number of hydrogen-bond acceptors (Lipinski definition) is 4. The standard InChI is InChI=1S/C18H18ClFN4O3/c1-24-6-11(5-21-24)16(26)23-18-8-17(9-18,10-18)22-15(25)7-27-12-2-3-13(19)14(20)4-12/h2-6H,7-10H2,1H3,(H,22,25)(H,23,26). The lowest BCUT2D eigenvalue weighted by molar-refractivity contribution is -0.141. The minimum atomic E-state index is -0.597. The molecule has 3 aliphatic rings. The molecule has 0 unspecified atom stereocenters. The number of carbonyl (C=O) groups excluding carboxylic acids is 2. The second kappa shape index (κ2) is 6.23. The lowest BCUT2D eigenvalue weighted by Crippen LogP contribution is -2.84. The molecule has 27 heavy (non-hydrogen) atoms. The number of nitrogens with zero attached hydrogens (tertiary/aromatic N) is 2. The van der Waals surface area contributed by atoms with Crippen LogP contribution in [0.15, 0.2) is 30.6 Å². The zero-order valence-corrected chi connectivity index (χ0v) is 15.3. The average Bonchev–Trinajstić information content (AvgIpc) is 2.99. The summed E-state index contributed by atoms with van der Waals surface area (Å²) >= 11 is 5.61. The van der Waals surface area contributed by atoms with Crippen molar-refractivity contribution in [1.82, 2.24) is 20.4 Å². The predicted octanol–water partition coefficient (Wildman–Crippen LogP) is 1.81. The number of carbonyl (C=O) groups is 2. The normalized spacial score (nSPS) is 25.1. The van der Waals surface area contributed by atoms with Crippen LogP contribution in [0.2, 0.25) is 5.02 Å². The van der Waals surface area contributed by atoms with E-state index < -0.39 is 5.82 Å². The summed E-state index contributed by atoms with van der Waals surface area (Å²) in [5.41, 5.74) is -0.0159. The fraction of sp³-hybridized carbons (Fsp3) is 0.389. The van der Waals surface area contributed by atoms with E-state index in [9.17, 15) is 14.0 Å². The van der Waals surface area contributed by atoms with Crippen LogP contribution in [0.3, 0.4) is 0 Å². The number of halogens is 2. The number of ether oxygens (including phenoxy) is 1. The summed E-state index contributed by atoms with van der Waals surface area (Å²) in [4.78, 5) is 24.3. The lowest BCUT2D eigenvalue weighted by atomic mass is 9.44. The third-order valence-corrected chi connectivity index (χ3v) is 5.35. The summed E-state index contributed by atoms with van der Waals surface area (Å²) in [6, 6.07) is 4.02. The summed E-state index contributed by atoms with van der Waals surface area (Å²) in [6.45, 7) is -0.210. The van der Waals surface area contributed by atoms with Crippen LogP contribution in [0, 0.1) is 5.82 Å². The fourth-order valence-electron chi connectivity index (χ4n) is 3.95. The van der Waals surface area contributed by atoms with E-state index in [1.807, 2.05) is 0 Å². The minimum Gasteiger partial charge on any atom is -0.484 e. The van der Waals surface area contributed by atoms with Gasteiger partial charge in [0.05, 0.1) is 16.8 Å². The van der Waals surface area contributed by atoms with Crippen LogP contribution in [-0.4, -0.2) is 39.3 Å². The summed E-state index contributed by atoms with van der Waals surface area (Å²) < 4.78 is 20.2. The average molecular weight is 393 g/mol. The van der Waals surface area contributed by atoms with Crippen molar-refractivity contribution in [3.05, 3.63) is 47.0 Å². The molecule has 5 rings (SSSR count). The smallest absolute Gasteiger partial charge is 0.258 e. The van der Waals surface area contributed by atoms with Crippen molar-refractivity contribution >= 4 is 23.4 Å². The molecule has 1 heterocycles. The number of aryl methyl sites for hydroxylation is 1. The first-order valence-corrected chi connectivity index (χ1v) is 8.86. The van der Waals surface area contributed by atoms with Crippen molar-refractivity contribution < 1.29 is 18.7 Å². The number of hydrogen-bond donors (Lipinski definition) is 2. The van der Waals surface area contributed by atoms with E-state index in [0.29, 0.717) is 24.8 Å². The highest BCUT2D eigenvalue weighted by atomic mass is 35.5. The molecule has 3 aliphatic carbocycles. The summed E-state index contributed by atoms with van der Waals surface area (Å²) in [6.07, 6.45) is 5.25. The maximum absolute atomic E-state index is 13.4. The molecule has 0 atom stereocenters. The van der Waals surface area contributed by atoms with Gasteiger partial charge in [0, 0.05) is 30.4 Å². The van der Waals surface area contributed by atoms with Crippen molar-refractivity contribution in [1.29, 1.82) is 0 Å². The van der Waals surface area contributed by atoms with E-state index in [1.165, 1.54) is 18.3 Å². The Morgan fingerprint density at radius 3 is 2.63 bits per heavy atom. The van der Waals surface area contributed by atoms with Gasteiger partial charge < -0.3 is 15.4 Å². The highest BCUT2D eigenvalue weighted by molar-refractivity contribution is 6.30. The number of aromatic nitrogens is 2. The molecule has 2 aromatic rings. The largest absolute Gasteiger partial charge is 0.484 e. The van der Waals surface area contributed by atoms with Crippen molar-refractivity contribution in [3.63, 3.8) is 0 Å².